The SMILES string of the molecule is N=C(N)c1ccc(NC(=O)CC(=O)OC(=O)C(F)(F)F)cc1. The normalized spacial score (nSPS) is 10.7. The van der Waals surface area contributed by atoms with Gasteiger partial charge >= 0.3 is 18.1 Å². The molecule has 0 fully saturated rings. The Morgan fingerprint density at radius 3 is 2.18 bits per heavy atom. The first kappa shape index (κ1) is 17.1. The minimum Gasteiger partial charge on any atom is -0.386 e. The van der Waals surface area contributed by atoms with Gasteiger partial charge in [0.15, 0.2) is 0 Å². The molecule has 0 atom stereocenters. The number of hydrogen-bond donors (Lipinski definition) is 3. The Kier molecular flexibility index (Phi) is 5.22. The highest BCUT2D eigenvalue weighted by molar-refractivity contribution is 6.04. The molecule has 4 N–H and O–H groups in total. The molecule has 0 bridgehead atoms. The molecule has 118 valence electrons. The molecule has 0 unspecified atom stereocenters. The zero-order valence-corrected chi connectivity index (χ0v) is 10.9. The van der Waals surface area contributed by atoms with Gasteiger partial charge in [-0.1, -0.05) is 0 Å². The lowest BCUT2D eigenvalue weighted by atomic mass is 10.2. The number of amidine groups is 1. The number of esters is 2. The van der Waals surface area contributed by atoms with E-state index in [0.717, 1.165) is 0 Å². The van der Waals surface area contributed by atoms with Gasteiger partial charge in [0.1, 0.15) is 12.3 Å². The highest BCUT2D eigenvalue weighted by Crippen LogP contribution is 2.17. The second-order valence-corrected chi connectivity index (χ2v) is 3.98. The Bertz CT molecular complexity index is 611. The fourth-order valence-corrected chi connectivity index (χ4v) is 1.27. The number of halogens is 3. The Morgan fingerprint density at radius 2 is 1.73 bits per heavy atom. The van der Waals surface area contributed by atoms with Crippen molar-refractivity contribution in [3.05, 3.63) is 29.8 Å². The number of nitrogen functional groups attached to an aromatic ring is 1. The van der Waals surface area contributed by atoms with Crippen molar-refractivity contribution in [3.63, 3.8) is 0 Å². The fourth-order valence-electron chi connectivity index (χ4n) is 1.27. The number of carbonyl (C=O) groups is 3. The van der Waals surface area contributed by atoms with Gasteiger partial charge in [-0.2, -0.15) is 13.2 Å². The second kappa shape index (κ2) is 6.70. The summed E-state index contributed by atoms with van der Waals surface area (Å²) in [5, 5.41) is 9.37. The molecule has 1 amide bonds. The van der Waals surface area contributed by atoms with Crippen LogP contribution in [0.1, 0.15) is 12.0 Å². The molecule has 1 aromatic rings. The summed E-state index contributed by atoms with van der Waals surface area (Å²) in [7, 11) is 0. The van der Waals surface area contributed by atoms with Crippen molar-refractivity contribution >= 4 is 29.4 Å². The van der Waals surface area contributed by atoms with Crippen molar-refractivity contribution in [3.8, 4) is 0 Å². The second-order valence-electron chi connectivity index (χ2n) is 3.98. The van der Waals surface area contributed by atoms with E-state index in [1.54, 1.807) is 0 Å². The lowest BCUT2D eigenvalue weighted by Crippen LogP contribution is -2.29. The topological polar surface area (TPSA) is 122 Å². The van der Waals surface area contributed by atoms with Crippen LogP contribution in [0, 0.1) is 5.41 Å². The summed E-state index contributed by atoms with van der Waals surface area (Å²) in [6, 6.07) is 5.59. The predicted octanol–water partition coefficient (Wildman–Crippen LogP) is 0.931. The van der Waals surface area contributed by atoms with Crippen LogP contribution in [-0.2, 0) is 19.1 Å². The Balaban J connectivity index is 2.54. The number of ether oxygens (including phenoxy) is 1. The Labute approximate surface area is 121 Å². The van der Waals surface area contributed by atoms with Gasteiger partial charge in [-0.15, -0.1) is 0 Å². The number of amides is 1. The van der Waals surface area contributed by atoms with E-state index in [2.05, 4.69) is 10.1 Å². The third kappa shape index (κ3) is 5.23. The molecule has 0 radical (unpaired) electrons. The van der Waals surface area contributed by atoms with E-state index in [9.17, 15) is 27.6 Å². The molecule has 1 rings (SSSR count). The zero-order valence-electron chi connectivity index (χ0n) is 10.9. The lowest BCUT2D eigenvalue weighted by Gasteiger charge is -2.07. The molecular weight excluding hydrogens is 307 g/mol. The number of benzene rings is 1. The third-order valence-corrected chi connectivity index (χ3v) is 2.22. The largest absolute Gasteiger partial charge is 0.491 e. The van der Waals surface area contributed by atoms with Gasteiger partial charge in [0.05, 0.1) is 0 Å². The van der Waals surface area contributed by atoms with Crippen molar-refractivity contribution in [2.45, 2.75) is 12.6 Å². The predicted molar refractivity (Wildman–Crippen MR) is 67.9 cm³/mol. The van der Waals surface area contributed by atoms with Gasteiger partial charge < -0.3 is 15.8 Å². The molecule has 0 saturated heterocycles. The van der Waals surface area contributed by atoms with Crippen molar-refractivity contribution in [2.75, 3.05) is 5.32 Å². The summed E-state index contributed by atoms with van der Waals surface area (Å²) in [5.74, 6) is -5.46. The van der Waals surface area contributed by atoms with Crippen LogP contribution in [0.5, 0.6) is 0 Å². The summed E-state index contributed by atoms with van der Waals surface area (Å²) in [5.41, 5.74) is 5.85. The van der Waals surface area contributed by atoms with Crippen LogP contribution in [0.4, 0.5) is 18.9 Å². The monoisotopic (exact) mass is 317 g/mol. The van der Waals surface area contributed by atoms with Gasteiger partial charge in [0, 0.05) is 11.3 Å². The minimum atomic E-state index is -5.31. The molecule has 0 heterocycles. The molecule has 0 aliphatic rings. The van der Waals surface area contributed by atoms with E-state index in [0.29, 0.717) is 5.56 Å². The van der Waals surface area contributed by atoms with E-state index in [1.807, 2.05) is 0 Å². The van der Waals surface area contributed by atoms with Crippen molar-refractivity contribution < 1.29 is 32.3 Å². The maximum absolute atomic E-state index is 11.8. The van der Waals surface area contributed by atoms with Crippen molar-refractivity contribution in [2.24, 2.45) is 5.73 Å². The number of anilines is 1. The fraction of sp³-hybridized carbons (Fsp3) is 0.167. The minimum absolute atomic E-state index is 0.188. The van der Waals surface area contributed by atoms with Gasteiger partial charge in [0.25, 0.3) is 0 Å². The quantitative estimate of drug-likeness (QED) is 0.330. The first-order chi connectivity index (χ1) is 10.1. The van der Waals surface area contributed by atoms with Gasteiger partial charge in [0.2, 0.25) is 5.91 Å². The number of hydrogen-bond acceptors (Lipinski definition) is 5. The molecule has 0 aliphatic carbocycles. The van der Waals surface area contributed by atoms with Crippen LogP contribution < -0.4 is 11.1 Å². The van der Waals surface area contributed by atoms with Crippen molar-refractivity contribution in [1.82, 2.24) is 0 Å². The van der Waals surface area contributed by atoms with Crippen LogP contribution in [0.15, 0.2) is 24.3 Å². The first-order valence-corrected chi connectivity index (χ1v) is 5.65. The average molecular weight is 317 g/mol. The molecule has 0 saturated carbocycles. The maximum atomic E-state index is 11.8. The molecule has 0 aliphatic heterocycles. The molecule has 22 heavy (non-hydrogen) atoms. The first-order valence-electron chi connectivity index (χ1n) is 5.65. The number of rotatable bonds is 4. The maximum Gasteiger partial charge on any atom is 0.491 e. The number of alkyl halides is 3. The average Bonchev–Trinajstić information content (AvgIpc) is 2.37. The van der Waals surface area contributed by atoms with Crippen LogP contribution in [-0.4, -0.2) is 29.9 Å². The molecule has 7 nitrogen and oxygen atoms in total. The summed E-state index contributed by atoms with van der Waals surface area (Å²) < 4.78 is 39.0. The Hall–Kier alpha value is -2.91. The van der Waals surface area contributed by atoms with Crippen LogP contribution in [0.3, 0.4) is 0 Å². The number of carbonyl (C=O) groups excluding carboxylic acids is 3. The molecular formula is C12H10F3N3O4. The van der Waals surface area contributed by atoms with Crippen LogP contribution in [0.2, 0.25) is 0 Å². The summed E-state index contributed by atoms with van der Waals surface area (Å²) in [6.45, 7) is 0. The summed E-state index contributed by atoms with van der Waals surface area (Å²) in [4.78, 5) is 32.8. The van der Waals surface area contributed by atoms with E-state index in [-0.39, 0.29) is 11.5 Å². The molecule has 0 spiro atoms. The summed E-state index contributed by atoms with van der Waals surface area (Å²) >= 11 is 0. The smallest absolute Gasteiger partial charge is 0.386 e. The zero-order chi connectivity index (χ0) is 16.9. The summed E-state index contributed by atoms with van der Waals surface area (Å²) in [6.07, 6.45) is -6.37. The molecule has 0 aromatic heterocycles. The van der Waals surface area contributed by atoms with Gasteiger partial charge in [-0.3, -0.25) is 15.0 Å². The number of nitrogens with two attached hydrogens (primary N) is 1. The van der Waals surface area contributed by atoms with Gasteiger partial charge in [-0.25, -0.2) is 4.79 Å². The lowest BCUT2D eigenvalue weighted by molar-refractivity contribution is -0.201. The molecule has 10 heteroatoms. The van der Waals surface area contributed by atoms with E-state index < -0.39 is 30.4 Å². The van der Waals surface area contributed by atoms with E-state index in [4.69, 9.17) is 11.1 Å². The highest BCUT2D eigenvalue weighted by Gasteiger charge is 2.42. The van der Waals surface area contributed by atoms with Crippen molar-refractivity contribution in [1.29, 1.82) is 5.41 Å². The van der Waals surface area contributed by atoms with E-state index >= 15 is 0 Å². The van der Waals surface area contributed by atoms with Crippen LogP contribution in [0.25, 0.3) is 0 Å². The van der Waals surface area contributed by atoms with Crippen LogP contribution >= 0.6 is 0 Å². The van der Waals surface area contributed by atoms with Gasteiger partial charge in [-0.05, 0) is 24.3 Å². The Morgan fingerprint density at radius 1 is 1.18 bits per heavy atom. The third-order valence-electron chi connectivity index (χ3n) is 2.22. The number of nitrogens with one attached hydrogen (secondary N) is 2. The highest BCUT2D eigenvalue weighted by atomic mass is 19.4. The van der Waals surface area contributed by atoms with E-state index in [1.165, 1.54) is 24.3 Å². The molecule has 1 aromatic carbocycles. The standard InChI is InChI=1S/C12H10F3N3O4/c13-12(14,15)11(21)22-9(20)5-8(19)18-7-3-1-6(2-4-7)10(16)17/h1-4H,5H2,(H3,16,17)(H,18,19).